The van der Waals surface area contributed by atoms with Crippen LogP contribution in [-0.4, -0.2) is 10.1 Å². The van der Waals surface area contributed by atoms with E-state index in [0.29, 0.717) is 17.2 Å². The van der Waals surface area contributed by atoms with Crippen molar-refractivity contribution in [1.29, 1.82) is 0 Å². The quantitative estimate of drug-likeness (QED) is 0.715. The van der Waals surface area contributed by atoms with Crippen LogP contribution in [0.2, 0.25) is 0 Å². The van der Waals surface area contributed by atoms with Gasteiger partial charge in [-0.2, -0.15) is 0 Å². The second-order valence-electron chi connectivity index (χ2n) is 4.45. The lowest BCUT2D eigenvalue weighted by atomic mass is 10.2. The molecule has 1 aromatic heterocycles. The lowest BCUT2D eigenvalue weighted by molar-refractivity contribution is 0.276. The molecule has 0 bridgehead atoms. The number of aliphatic hydroxyl groups excluding tert-OH is 1. The summed E-state index contributed by atoms with van der Waals surface area (Å²) in [7, 11) is 0. The molecular formula is C16H14N2O2. The van der Waals surface area contributed by atoms with Crippen LogP contribution in [0.4, 0.5) is 5.69 Å². The van der Waals surface area contributed by atoms with E-state index in [1.807, 2.05) is 36.4 Å². The largest absolute Gasteiger partial charge is 0.456 e. The molecule has 0 fully saturated rings. The van der Waals surface area contributed by atoms with Gasteiger partial charge in [0.1, 0.15) is 11.5 Å². The van der Waals surface area contributed by atoms with Crippen molar-refractivity contribution in [2.75, 3.05) is 5.73 Å². The molecule has 4 heteroatoms. The maximum absolute atomic E-state index is 9.34. The number of hydrogen-bond acceptors (Lipinski definition) is 4. The van der Waals surface area contributed by atoms with E-state index < -0.39 is 0 Å². The van der Waals surface area contributed by atoms with Crippen LogP contribution >= 0.6 is 0 Å². The van der Waals surface area contributed by atoms with E-state index in [4.69, 9.17) is 10.5 Å². The molecule has 0 aliphatic rings. The van der Waals surface area contributed by atoms with Crippen LogP contribution in [0.15, 0.2) is 54.7 Å². The maximum Gasteiger partial charge on any atom is 0.138 e. The number of anilines is 1. The van der Waals surface area contributed by atoms with Crippen LogP contribution in [0.1, 0.15) is 5.56 Å². The predicted molar refractivity (Wildman–Crippen MR) is 78.6 cm³/mol. The van der Waals surface area contributed by atoms with E-state index >= 15 is 0 Å². The SMILES string of the molecule is Nc1ccc2c(Oc3ccccc3CO)ccnc2c1. The Balaban J connectivity index is 2.07. The zero-order valence-corrected chi connectivity index (χ0v) is 10.8. The van der Waals surface area contributed by atoms with E-state index in [0.717, 1.165) is 16.5 Å². The van der Waals surface area contributed by atoms with Crippen LogP contribution < -0.4 is 10.5 Å². The van der Waals surface area contributed by atoms with Gasteiger partial charge < -0.3 is 15.6 Å². The third kappa shape index (κ3) is 2.29. The van der Waals surface area contributed by atoms with Gasteiger partial charge in [-0.15, -0.1) is 0 Å². The van der Waals surface area contributed by atoms with Crippen molar-refractivity contribution in [3.8, 4) is 11.5 Å². The minimum atomic E-state index is -0.0634. The number of aromatic nitrogens is 1. The lowest BCUT2D eigenvalue weighted by Gasteiger charge is -2.11. The van der Waals surface area contributed by atoms with Gasteiger partial charge in [0, 0.05) is 22.8 Å². The first-order valence-electron chi connectivity index (χ1n) is 6.29. The Kier molecular flexibility index (Phi) is 3.23. The molecule has 0 atom stereocenters. The van der Waals surface area contributed by atoms with Crippen LogP contribution in [-0.2, 0) is 6.61 Å². The summed E-state index contributed by atoms with van der Waals surface area (Å²) in [5.41, 5.74) is 7.95. The Morgan fingerprint density at radius 1 is 1.05 bits per heavy atom. The molecule has 3 aromatic rings. The average molecular weight is 266 g/mol. The predicted octanol–water partition coefficient (Wildman–Crippen LogP) is 3.10. The van der Waals surface area contributed by atoms with Crippen molar-refractivity contribution in [2.24, 2.45) is 0 Å². The second kappa shape index (κ2) is 5.19. The monoisotopic (exact) mass is 266 g/mol. The summed E-state index contributed by atoms with van der Waals surface area (Å²) in [5.74, 6) is 1.33. The molecule has 3 rings (SSSR count). The Labute approximate surface area is 116 Å². The van der Waals surface area contributed by atoms with E-state index in [2.05, 4.69) is 4.98 Å². The number of para-hydroxylation sites is 1. The fourth-order valence-corrected chi connectivity index (χ4v) is 2.08. The first-order chi connectivity index (χ1) is 9.78. The highest BCUT2D eigenvalue weighted by molar-refractivity contribution is 5.87. The summed E-state index contributed by atoms with van der Waals surface area (Å²) in [6, 6.07) is 14.7. The normalized spacial score (nSPS) is 10.7. The number of nitrogens with two attached hydrogens (primary N) is 1. The first kappa shape index (κ1) is 12.4. The Morgan fingerprint density at radius 3 is 2.75 bits per heavy atom. The molecule has 0 spiro atoms. The van der Waals surface area contributed by atoms with Crippen LogP contribution in [0.25, 0.3) is 10.9 Å². The van der Waals surface area contributed by atoms with Crippen LogP contribution in [0, 0.1) is 0 Å². The van der Waals surface area contributed by atoms with Gasteiger partial charge in [0.05, 0.1) is 12.1 Å². The fourth-order valence-electron chi connectivity index (χ4n) is 2.08. The van der Waals surface area contributed by atoms with Gasteiger partial charge in [-0.1, -0.05) is 18.2 Å². The molecule has 0 aliphatic carbocycles. The highest BCUT2D eigenvalue weighted by Gasteiger charge is 2.07. The summed E-state index contributed by atoms with van der Waals surface area (Å²) in [4.78, 5) is 4.28. The minimum Gasteiger partial charge on any atom is -0.456 e. The molecule has 0 aliphatic heterocycles. The number of aliphatic hydroxyl groups is 1. The van der Waals surface area contributed by atoms with E-state index in [1.54, 1.807) is 18.3 Å². The van der Waals surface area contributed by atoms with Crippen molar-refractivity contribution in [3.63, 3.8) is 0 Å². The molecule has 4 nitrogen and oxygen atoms in total. The molecule has 1 heterocycles. The van der Waals surface area contributed by atoms with Crippen molar-refractivity contribution in [3.05, 3.63) is 60.3 Å². The molecule has 2 aromatic carbocycles. The second-order valence-corrected chi connectivity index (χ2v) is 4.45. The van der Waals surface area contributed by atoms with Crippen molar-refractivity contribution < 1.29 is 9.84 Å². The summed E-state index contributed by atoms with van der Waals surface area (Å²) >= 11 is 0. The van der Waals surface area contributed by atoms with E-state index in [-0.39, 0.29) is 6.61 Å². The van der Waals surface area contributed by atoms with Gasteiger partial charge in [-0.25, -0.2) is 0 Å². The first-order valence-corrected chi connectivity index (χ1v) is 6.29. The smallest absolute Gasteiger partial charge is 0.138 e. The Hall–Kier alpha value is -2.59. The third-order valence-electron chi connectivity index (χ3n) is 3.09. The number of pyridine rings is 1. The minimum absolute atomic E-state index is 0.0634. The molecule has 0 saturated heterocycles. The number of rotatable bonds is 3. The summed E-state index contributed by atoms with van der Waals surface area (Å²) in [6.45, 7) is -0.0634. The summed E-state index contributed by atoms with van der Waals surface area (Å²) < 4.78 is 5.91. The van der Waals surface area contributed by atoms with Crippen molar-refractivity contribution in [1.82, 2.24) is 4.98 Å². The van der Waals surface area contributed by atoms with Gasteiger partial charge in [-0.3, -0.25) is 4.98 Å². The summed E-state index contributed by atoms with van der Waals surface area (Å²) in [6.07, 6.45) is 1.68. The van der Waals surface area contributed by atoms with Gasteiger partial charge in [0.15, 0.2) is 0 Å². The maximum atomic E-state index is 9.34. The highest BCUT2D eigenvalue weighted by atomic mass is 16.5. The number of fused-ring (bicyclic) bond motifs is 1. The number of benzene rings is 2. The molecule has 0 unspecified atom stereocenters. The number of nitrogen functional groups attached to an aromatic ring is 1. The van der Waals surface area contributed by atoms with Crippen LogP contribution in [0.3, 0.4) is 0 Å². The van der Waals surface area contributed by atoms with E-state index in [1.165, 1.54) is 0 Å². The average Bonchev–Trinajstić information content (AvgIpc) is 2.47. The molecule has 0 saturated carbocycles. The third-order valence-corrected chi connectivity index (χ3v) is 3.09. The molecule has 3 N–H and O–H groups in total. The number of hydrogen-bond donors (Lipinski definition) is 2. The van der Waals surface area contributed by atoms with Crippen LogP contribution in [0.5, 0.6) is 11.5 Å². The van der Waals surface area contributed by atoms with E-state index in [9.17, 15) is 5.11 Å². The van der Waals surface area contributed by atoms with Crippen molar-refractivity contribution >= 4 is 16.6 Å². The summed E-state index contributed by atoms with van der Waals surface area (Å²) in [5, 5.41) is 10.2. The highest BCUT2D eigenvalue weighted by Crippen LogP contribution is 2.31. The lowest BCUT2D eigenvalue weighted by Crippen LogP contribution is -1.93. The molecule has 20 heavy (non-hydrogen) atoms. The fraction of sp³-hybridized carbons (Fsp3) is 0.0625. The van der Waals surface area contributed by atoms with Gasteiger partial charge in [-0.05, 0) is 30.3 Å². The van der Waals surface area contributed by atoms with Gasteiger partial charge >= 0.3 is 0 Å². The topological polar surface area (TPSA) is 68.4 Å². The zero-order chi connectivity index (χ0) is 13.9. The zero-order valence-electron chi connectivity index (χ0n) is 10.8. The molecule has 0 radical (unpaired) electrons. The van der Waals surface area contributed by atoms with Gasteiger partial charge in [0.25, 0.3) is 0 Å². The number of ether oxygens (including phenoxy) is 1. The molecular weight excluding hydrogens is 252 g/mol. The van der Waals surface area contributed by atoms with Crippen molar-refractivity contribution in [2.45, 2.75) is 6.61 Å². The van der Waals surface area contributed by atoms with Gasteiger partial charge in [0.2, 0.25) is 0 Å². The number of nitrogens with zero attached hydrogens (tertiary/aromatic N) is 1. The Bertz CT molecular complexity index is 756. The standard InChI is InChI=1S/C16H14N2O2/c17-12-5-6-13-14(9-12)18-8-7-16(13)20-15-4-2-1-3-11(15)10-19/h1-9,19H,10,17H2. The molecule has 0 amide bonds. The molecule has 100 valence electrons. The Morgan fingerprint density at radius 2 is 1.90 bits per heavy atom.